The zero-order valence-electron chi connectivity index (χ0n) is 41.0. The van der Waals surface area contributed by atoms with Crippen LogP contribution in [0.25, 0.3) is 0 Å². The molecule has 0 aliphatic heterocycles. The summed E-state index contributed by atoms with van der Waals surface area (Å²) in [4.78, 5) is 113. The zero-order chi connectivity index (χ0) is 52.4. The first kappa shape index (κ1) is 52.6. The lowest BCUT2D eigenvalue weighted by molar-refractivity contribution is -0.121. The molecule has 8 amide bonds. The summed E-state index contributed by atoms with van der Waals surface area (Å²) in [6.07, 6.45) is 9.05. The third-order valence-electron chi connectivity index (χ3n) is 11.0. The van der Waals surface area contributed by atoms with E-state index in [1.165, 1.54) is 78.1 Å². The molecule has 0 unspecified atom stereocenters. The van der Waals surface area contributed by atoms with Gasteiger partial charge in [-0.3, -0.25) is 38.4 Å². The van der Waals surface area contributed by atoms with Gasteiger partial charge in [-0.05, 0) is 51.3 Å². The molecule has 0 saturated carbocycles. The summed E-state index contributed by atoms with van der Waals surface area (Å²) >= 11 is 0. The maximum absolute atomic E-state index is 15.1. The number of carbonyl (C=O) groups is 8. The number of anilines is 5. The molecule has 6 aromatic rings. The molecule has 26 heteroatoms. The van der Waals surface area contributed by atoms with Crippen molar-refractivity contribution in [3.63, 3.8) is 0 Å². The van der Waals surface area contributed by atoms with Crippen LogP contribution >= 0.6 is 0 Å². The highest BCUT2D eigenvalue weighted by molar-refractivity contribution is 6.08. The molecule has 25 nitrogen and oxygen atoms in total. The number of halogens is 1. The fourth-order valence-electron chi connectivity index (χ4n) is 7.35. The zero-order valence-corrected chi connectivity index (χ0v) is 41.0. The van der Waals surface area contributed by atoms with Crippen LogP contribution in [0.15, 0.2) is 67.6 Å². The molecule has 382 valence electrons. The second kappa shape index (κ2) is 23.2. The summed E-state index contributed by atoms with van der Waals surface area (Å²) in [5.74, 6) is -4.20. The Morgan fingerprint density at radius 2 is 1.01 bits per heavy atom. The number of hydrogen-bond acceptors (Lipinski definition) is 11. The minimum atomic E-state index is -2.04. The van der Waals surface area contributed by atoms with Crippen molar-refractivity contribution in [3.8, 4) is 0 Å². The fraction of sp³-hybridized carbons (Fsp3) is 0.348. The molecule has 6 aromatic heterocycles. The highest BCUT2D eigenvalue weighted by Gasteiger charge is 2.24. The lowest BCUT2D eigenvalue weighted by atomic mass is 10.2. The first-order valence-corrected chi connectivity index (χ1v) is 22.5. The third kappa shape index (κ3) is 13.5. The number of alkyl halides is 1. The molecule has 0 spiro atoms. The van der Waals surface area contributed by atoms with E-state index in [4.69, 9.17) is 0 Å². The molecule has 0 fully saturated rings. The van der Waals surface area contributed by atoms with Gasteiger partial charge in [-0.1, -0.05) is 0 Å². The average molecular weight is 996 g/mol. The van der Waals surface area contributed by atoms with Gasteiger partial charge in [0.05, 0.1) is 22.7 Å². The number of aryl methyl sites for hydroxylation is 6. The van der Waals surface area contributed by atoms with Gasteiger partial charge < -0.3 is 74.8 Å². The molecule has 6 rings (SSSR count). The maximum atomic E-state index is 15.1. The van der Waals surface area contributed by atoms with Crippen molar-refractivity contribution in [3.05, 3.63) is 102 Å². The summed E-state index contributed by atoms with van der Waals surface area (Å²) in [5, 5.41) is 21.3. The maximum Gasteiger partial charge on any atom is 0.292 e. The molecule has 0 bridgehead atoms. The number of rotatable bonds is 22. The minimum absolute atomic E-state index is 0.0273. The Kier molecular flexibility index (Phi) is 16.9. The van der Waals surface area contributed by atoms with Gasteiger partial charge in [0.25, 0.3) is 41.4 Å². The number of carbonyl (C=O) groups excluding carboxylic acids is 8. The van der Waals surface area contributed by atoms with Crippen molar-refractivity contribution >= 4 is 75.8 Å². The lowest BCUT2D eigenvalue weighted by Gasteiger charge is -2.10. The Morgan fingerprint density at radius 3 is 1.51 bits per heavy atom. The van der Waals surface area contributed by atoms with E-state index in [0.29, 0.717) is 12.2 Å². The average Bonchev–Trinajstić information content (AvgIpc) is 4.18. The largest absolute Gasteiger partial charge is 0.356 e. The van der Waals surface area contributed by atoms with Crippen LogP contribution < -0.4 is 42.5 Å². The Bertz CT molecular complexity index is 3000. The molecular weight excluding hydrogens is 938 g/mol. The van der Waals surface area contributed by atoms with Crippen LogP contribution in [0.4, 0.5) is 33.0 Å². The molecule has 1 atom stereocenters. The highest BCUT2D eigenvalue weighted by Crippen LogP contribution is 2.21. The van der Waals surface area contributed by atoms with E-state index in [-0.39, 0.29) is 89.1 Å². The summed E-state index contributed by atoms with van der Waals surface area (Å²) in [5.41, 5.74) is 1.69. The molecule has 6 heterocycles. The minimum Gasteiger partial charge on any atom is -0.356 e. The van der Waals surface area contributed by atoms with Crippen molar-refractivity contribution in [2.45, 2.75) is 25.4 Å². The monoisotopic (exact) mass is 995 g/mol. The Hall–Kier alpha value is -8.81. The van der Waals surface area contributed by atoms with Gasteiger partial charge in [0.2, 0.25) is 11.7 Å². The standard InChI is InChI=1S/C46H58FN17O8/c1-58(2)16-9-12-48-37(65)11-14-51-42(68)32-18-28(23-60(32)4)53-44(70)35-21-29(24-63(35)7)54-43(69)34-20-27(22-62(34)6)52-40(66)31(47)10-13-50-41(67)33-19-30(25-61(33)5)55-46(72)39-56-36(26-64(39)8)57-45(71)38-49-15-17-59(38)3/h15,17-26,31H,9-14,16H2,1-8H3,(H,48,65)(H,50,67)(H,51,68)(H,52,66)(H,53,70)(H,54,69)(H,55,72)(H,57,71)/t31-/m1/s1. The normalized spacial score (nSPS) is 11.5. The quantitative estimate of drug-likeness (QED) is 0.0454. The topological polar surface area (TPSA) is 291 Å². The number of amides is 8. The number of imidazole rings is 2. The molecule has 72 heavy (non-hydrogen) atoms. The van der Waals surface area contributed by atoms with E-state index in [2.05, 4.69) is 52.5 Å². The van der Waals surface area contributed by atoms with Crippen LogP contribution in [0, 0.1) is 0 Å². The number of aromatic nitrogens is 8. The van der Waals surface area contributed by atoms with E-state index in [1.807, 2.05) is 19.0 Å². The Labute approximate surface area is 412 Å². The van der Waals surface area contributed by atoms with Gasteiger partial charge in [-0.25, -0.2) is 14.4 Å². The van der Waals surface area contributed by atoms with Gasteiger partial charge in [0, 0.05) is 118 Å². The molecule has 8 N–H and O–H groups in total. The molecular formula is C46H58FN17O8. The molecule has 0 aliphatic rings. The van der Waals surface area contributed by atoms with Gasteiger partial charge in [-0.15, -0.1) is 0 Å². The van der Waals surface area contributed by atoms with Gasteiger partial charge >= 0.3 is 0 Å². The Balaban J connectivity index is 0.932. The summed E-state index contributed by atoms with van der Waals surface area (Å²) in [7, 11) is 13.5. The second-order valence-corrected chi connectivity index (χ2v) is 17.2. The smallest absolute Gasteiger partial charge is 0.292 e. The van der Waals surface area contributed by atoms with E-state index >= 15 is 4.39 Å². The first-order valence-electron chi connectivity index (χ1n) is 22.5. The molecule has 0 aliphatic carbocycles. The first-order chi connectivity index (χ1) is 34.2. The third-order valence-corrected chi connectivity index (χ3v) is 11.0. The van der Waals surface area contributed by atoms with Crippen LogP contribution in [0.1, 0.15) is 82.5 Å². The Morgan fingerprint density at radius 1 is 0.542 bits per heavy atom. The fourth-order valence-corrected chi connectivity index (χ4v) is 7.35. The SMILES string of the molecule is CN(C)CCCNC(=O)CCNC(=O)c1cc(NC(=O)c2cc(NC(=O)c3cc(NC(=O)[C@H](F)CCNC(=O)c4cc(NC(=O)c5nc(NC(=O)c6nccn6C)cn5C)cn4C)cn3C)cn2C)cn1C. The summed E-state index contributed by atoms with van der Waals surface area (Å²) in [6, 6.07) is 5.71. The lowest BCUT2D eigenvalue weighted by Crippen LogP contribution is -2.32. The van der Waals surface area contributed by atoms with Gasteiger partial charge in [0.1, 0.15) is 22.8 Å². The van der Waals surface area contributed by atoms with Crippen molar-refractivity contribution in [1.29, 1.82) is 0 Å². The van der Waals surface area contributed by atoms with Crippen LogP contribution in [0.3, 0.4) is 0 Å². The number of nitrogens with zero attached hydrogens (tertiary/aromatic N) is 9. The van der Waals surface area contributed by atoms with Crippen LogP contribution in [-0.4, -0.2) is 136 Å². The van der Waals surface area contributed by atoms with Crippen molar-refractivity contribution < 1.29 is 42.7 Å². The van der Waals surface area contributed by atoms with Crippen LogP contribution in [-0.2, 0) is 51.9 Å². The second-order valence-electron chi connectivity index (χ2n) is 17.2. The number of nitrogens with one attached hydrogen (secondary N) is 8. The van der Waals surface area contributed by atoms with Crippen LogP contribution in [0.2, 0.25) is 0 Å². The summed E-state index contributed by atoms with van der Waals surface area (Å²) < 4.78 is 24.0. The van der Waals surface area contributed by atoms with Gasteiger partial charge in [-0.2, -0.15) is 0 Å². The van der Waals surface area contributed by atoms with Crippen molar-refractivity contribution in [1.82, 2.24) is 58.2 Å². The van der Waals surface area contributed by atoms with Crippen molar-refractivity contribution in [2.24, 2.45) is 42.3 Å². The van der Waals surface area contributed by atoms with E-state index in [9.17, 15) is 38.4 Å². The molecule has 0 aromatic carbocycles. The predicted octanol–water partition coefficient (Wildman–Crippen LogP) is 1.80. The van der Waals surface area contributed by atoms with E-state index in [1.54, 1.807) is 59.2 Å². The van der Waals surface area contributed by atoms with Crippen LogP contribution in [0.5, 0.6) is 0 Å². The molecule has 0 radical (unpaired) electrons. The molecule has 0 saturated heterocycles. The predicted molar refractivity (Wildman–Crippen MR) is 263 cm³/mol. The summed E-state index contributed by atoms with van der Waals surface area (Å²) in [6.45, 7) is 1.30. The highest BCUT2D eigenvalue weighted by atomic mass is 19.1. The van der Waals surface area contributed by atoms with E-state index < -0.39 is 47.5 Å². The van der Waals surface area contributed by atoms with Crippen molar-refractivity contribution in [2.75, 3.05) is 66.9 Å². The van der Waals surface area contributed by atoms with E-state index in [0.717, 1.165) is 13.0 Å². The van der Waals surface area contributed by atoms with Gasteiger partial charge in [0.15, 0.2) is 17.8 Å². The number of hydrogen-bond donors (Lipinski definition) is 8.